The smallest absolute Gasteiger partial charge is 0.323 e. The molecular formula is C15H28N2O3. The molecule has 2 aliphatic heterocycles. The fourth-order valence-corrected chi connectivity index (χ4v) is 3.12. The molecule has 5 nitrogen and oxygen atoms in total. The van der Waals surface area contributed by atoms with Gasteiger partial charge in [0.2, 0.25) is 0 Å². The first-order valence-corrected chi connectivity index (χ1v) is 7.99. The summed E-state index contributed by atoms with van der Waals surface area (Å²) in [6.45, 7) is 6.90. The quantitative estimate of drug-likeness (QED) is 0.711. The Morgan fingerprint density at radius 2 is 2.20 bits per heavy atom. The molecule has 2 aliphatic rings. The molecule has 0 bridgehead atoms. The first-order chi connectivity index (χ1) is 9.81. The van der Waals surface area contributed by atoms with Gasteiger partial charge in [-0.25, -0.2) is 0 Å². The second kappa shape index (κ2) is 8.60. The lowest BCUT2D eigenvalue weighted by Crippen LogP contribution is -2.48. The van der Waals surface area contributed by atoms with Gasteiger partial charge in [-0.2, -0.15) is 0 Å². The van der Waals surface area contributed by atoms with Crippen LogP contribution >= 0.6 is 0 Å². The van der Waals surface area contributed by atoms with Crippen molar-refractivity contribution in [2.45, 2.75) is 38.6 Å². The molecule has 2 saturated heterocycles. The maximum Gasteiger partial charge on any atom is 0.323 e. The highest BCUT2D eigenvalue weighted by atomic mass is 16.5. The Balaban J connectivity index is 1.85. The minimum atomic E-state index is -0.166. The summed E-state index contributed by atoms with van der Waals surface area (Å²) in [5, 5.41) is 6.89. The maximum absolute atomic E-state index is 12.2. The molecule has 2 rings (SSSR count). The van der Waals surface area contributed by atoms with Crippen LogP contribution in [0.3, 0.4) is 0 Å². The summed E-state index contributed by atoms with van der Waals surface area (Å²) in [5.41, 5.74) is 0. The van der Waals surface area contributed by atoms with Crippen molar-refractivity contribution in [1.82, 2.24) is 10.6 Å². The van der Waals surface area contributed by atoms with Gasteiger partial charge in [-0.3, -0.25) is 4.79 Å². The van der Waals surface area contributed by atoms with E-state index in [-0.39, 0.29) is 12.0 Å². The molecule has 2 atom stereocenters. The van der Waals surface area contributed by atoms with Gasteiger partial charge in [0, 0.05) is 13.2 Å². The van der Waals surface area contributed by atoms with Crippen LogP contribution in [0.5, 0.6) is 0 Å². The lowest BCUT2D eigenvalue weighted by atomic mass is 9.90. The van der Waals surface area contributed by atoms with Crippen molar-refractivity contribution in [3.8, 4) is 0 Å². The van der Waals surface area contributed by atoms with Gasteiger partial charge in [0.1, 0.15) is 6.04 Å². The van der Waals surface area contributed by atoms with Crippen molar-refractivity contribution in [2.24, 2.45) is 11.8 Å². The Morgan fingerprint density at radius 3 is 2.85 bits per heavy atom. The number of ether oxygens (including phenoxy) is 2. The van der Waals surface area contributed by atoms with E-state index in [0.29, 0.717) is 18.4 Å². The third kappa shape index (κ3) is 4.72. The molecule has 2 heterocycles. The van der Waals surface area contributed by atoms with Crippen LogP contribution in [0.2, 0.25) is 0 Å². The number of piperidine rings is 1. The Morgan fingerprint density at radius 1 is 1.40 bits per heavy atom. The molecule has 0 saturated carbocycles. The van der Waals surface area contributed by atoms with Crippen LogP contribution < -0.4 is 10.6 Å². The number of rotatable bonds is 6. The van der Waals surface area contributed by atoms with Gasteiger partial charge in [0.15, 0.2) is 0 Å². The van der Waals surface area contributed by atoms with Gasteiger partial charge in [-0.1, -0.05) is 0 Å². The maximum atomic E-state index is 12.2. The van der Waals surface area contributed by atoms with Gasteiger partial charge in [0.05, 0.1) is 6.61 Å². The summed E-state index contributed by atoms with van der Waals surface area (Å²) in [5.74, 6) is 0.878. The fraction of sp³-hybridized carbons (Fsp3) is 0.933. The number of carbonyl (C=O) groups is 1. The van der Waals surface area contributed by atoms with Crippen molar-refractivity contribution >= 4 is 5.97 Å². The number of carbonyl (C=O) groups excluding carboxylic acids is 1. The van der Waals surface area contributed by atoms with Crippen LogP contribution in [0, 0.1) is 11.8 Å². The Hall–Kier alpha value is -0.650. The van der Waals surface area contributed by atoms with Crippen molar-refractivity contribution in [2.75, 3.05) is 39.5 Å². The molecule has 0 aliphatic carbocycles. The lowest BCUT2D eigenvalue weighted by Gasteiger charge is -2.31. The Labute approximate surface area is 121 Å². The van der Waals surface area contributed by atoms with Crippen LogP contribution in [0.25, 0.3) is 0 Å². The van der Waals surface area contributed by atoms with E-state index >= 15 is 0 Å². The number of hydrogen-bond acceptors (Lipinski definition) is 5. The van der Waals surface area contributed by atoms with E-state index in [1.807, 2.05) is 6.92 Å². The second-order valence-corrected chi connectivity index (χ2v) is 5.80. The van der Waals surface area contributed by atoms with Crippen LogP contribution in [0.15, 0.2) is 0 Å². The molecule has 20 heavy (non-hydrogen) atoms. The molecule has 116 valence electrons. The topological polar surface area (TPSA) is 59.6 Å². The minimum absolute atomic E-state index is 0.0943. The number of hydrogen-bond donors (Lipinski definition) is 2. The van der Waals surface area contributed by atoms with E-state index in [1.165, 1.54) is 12.8 Å². The van der Waals surface area contributed by atoms with E-state index in [1.54, 1.807) is 0 Å². The van der Waals surface area contributed by atoms with E-state index in [0.717, 1.165) is 45.7 Å². The summed E-state index contributed by atoms with van der Waals surface area (Å²) in [6.07, 6.45) is 4.36. The van der Waals surface area contributed by atoms with E-state index in [2.05, 4.69) is 10.6 Å². The molecule has 0 aromatic rings. The average molecular weight is 284 g/mol. The summed E-state index contributed by atoms with van der Waals surface area (Å²) in [7, 11) is 0. The van der Waals surface area contributed by atoms with Gasteiger partial charge in [0.25, 0.3) is 0 Å². The third-order valence-electron chi connectivity index (χ3n) is 4.30. The molecule has 2 fully saturated rings. The number of nitrogens with one attached hydrogen (secondary N) is 2. The van der Waals surface area contributed by atoms with Crippen molar-refractivity contribution in [3.63, 3.8) is 0 Å². The molecule has 2 unspecified atom stereocenters. The van der Waals surface area contributed by atoms with Crippen molar-refractivity contribution in [1.29, 1.82) is 0 Å². The van der Waals surface area contributed by atoms with Gasteiger partial charge in [-0.05, 0) is 64.1 Å². The first kappa shape index (κ1) is 15.7. The van der Waals surface area contributed by atoms with Crippen molar-refractivity contribution in [3.05, 3.63) is 0 Å². The Bertz CT molecular complexity index is 287. The summed E-state index contributed by atoms with van der Waals surface area (Å²) in [4.78, 5) is 12.2. The van der Waals surface area contributed by atoms with Crippen LogP contribution in [-0.4, -0.2) is 51.5 Å². The molecule has 5 heteroatoms. The molecule has 0 amide bonds. The summed E-state index contributed by atoms with van der Waals surface area (Å²) < 4.78 is 10.6. The first-order valence-electron chi connectivity index (χ1n) is 7.99. The molecule has 2 N–H and O–H groups in total. The van der Waals surface area contributed by atoms with Gasteiger partial charge in [-0.15, -0.1) is 0 Å². The highest BCUT2D eigenvalue weighted by molar-refractivity contribution is 5.76. The SMILES string of the molecule is CCOC(=O)C(NCC1CCCNC1)C1CCOCC1. The molecule has 0 radical (unpaired) electrons. The van der Waals surface area contributed by atoms with Crippen molar-refractivity contribution < 1.29 is 14.3 Å². The van der Waals surface area contributed by atoms with E-state index < -0.39 is 0 Å². The van der Waals surface area contributed by atoms with E-state index in [4.69, 9.17) is 9.47 Å². The lowest BCUT2D eigenvalue weighted by molar-refractivity contribution is -0.148. The largest absolute Gasteiger partial charge is 0.465 e. The molecule has 0 aromatic carbocycles. The summed E-state index contributed by atoms with van der Waals surface area (Å²) >= 11 is 0. The zero-order valence-corrected chi connectivity index (χ0v) is 12.5. The predicted molar refractivity (Wildman–Crippen MR) is 77.6 cm³/mol. The van der Waals surface area contributed by atoms with Crippen LogP contribution in [0.1, 0.15) is 32.6 Å². The number of esters is 1. The minimum Gasteiger partial charge on any atom is -0.465 e. The second-order valence-electron chi connectivity index (χ2n) is 5.80. The van der Waals surface area contributed by atoms with Gasteiger partial charge < -0.3 is 20.1 Å². The molecular weight excluding hydrogens is 256 g/mol. The zero-order valence-electron chi connectivity index (χ0n) is 12.5. The Kier molecular flexibility index (Phi) is 6.76. The van der Waals surface area contributed by atoms with E-state index in [9.17, 15) is 4.79 Å². The fourth-order valence-electron chi connectivity index (χ4n) is 3.12. The monoisotopic (exact) mass is 284 g/mol. The van der Waals surface area contributed by atoms with Crippen LogP contribution in [0.4, 0.5) is 0 Å². The normalized spacial score (nSPS) is 26.1. The third-order valence-corrected chi connectivity index (χ3v) is 4.30. The predicted octanol–water partition coefficient (Wildman–Crippen LogP) is 0.934. The highest BCUT2D eigenvalue weighted by Gasteiger charge is 2.31. The molecule has 0 aromatic heterocycles. The zero-order chi connectivity index (χ0) is 14.2. The standard InChI is InChI=1S/C15H28N2O3/c1-2-20-15(18)14(13-5-8-19-9-6-13)17-11-12-4-3-7-16-10-12/h12-14,16-17H,2-11H2,1H3. The van der Waals surface area contributed by atoms with Crippen LogP contribution in [-0.2, 0) is 14.3 Å². The molecule has 0 spiro atoms. The van der Waals surface area contributed by atoms with Gasteiger partial charge >= 0.3 is 5.97 Å². The highest BCUT2D eigenvalue weighted by Crippen LogP contribution is 2.20. The summed E-state index contributed by atoms with van der Waals surface area (Å²) in [6, 6.07) is -0.166. The average Bonchev–Trinajstić information content (AvgIpc) is 2.50.